The van der Waals surface area contributed by atoms with Crippen molar-refractivity contribution < 1.29 is 4.74 Å². The van der Waals surface area contributed by atoms with Crippen LogP contribution < -0.4 is 4.74 Å². The van der Waals surface area contributed by atoms with Gasteiger partial charge in [-0.2, -0.15) is 0 Å². The van der Waals surface area contributed by atoms with Gasteiger partial charge in [-0.05, 0) is 44.4 Å². The van der Waals surface area contributed by atoms with E-state index in [4.69, 9.17) is 16.3 Å². The number of halogens is 1. The zero-order valence-corrected chi connectivity index (χ0v) is 12.3. The first kappa shape index (κ1) is 14.7. The first-order valence-electron chi connectivity index (χ1n) is 7.38. The van der Waals surface area contributed by atoms with Gasteiger partial charge in [0.2, 0.25) is 0 Å². The zero-order chi connectivity index (χ0) is 13.3. The number of para-hydroxylation sites is 1. The van der Waals surface area contributed by atoms with Crippen LogP contribution in [-0.4, -0.2) is 36.5 Å². The maximum absolute atomic E-state index is 5.80. The van der Waals surface area contributed by atoms with Gasteiger partial charge in [0.15, 0.2) is 0 Å². The van der Waals surface area contributed by atoms with Crippen molar-refractivity contribution in [1.29, 1.82) is 0 Å². The van der Waals surface area contributed by atoms with Crippen molar-refractivity contribution >= 4 is 11.6 Å². The summed E-state index contributed by atoms with van der Waals surface area (Å²) in [5, 5.41) is 0. The third kappa shape index (κ3) is 5.04. The molecule has 0 N–H and O–H groups in total. The van der Waals surface area contributed by atoms with E-state index in [0.717, 1.165) is 50.2 Å². The van der Waals surface area contributed by atoms with Crippen LogP contribution in [0.5, 0.6) is 5.75 Å². The summed E-state index contributed by atoms with van der Waals surface area (Å²) in [6.45, 7) is 3.07. The largest absolute Gasteiger partial charge is 0.494 e. The first-order valence-corrected chi connectivity index (χ1v) is 7.91. The molecule has 2 rings (SSSR count). The molecule has 1 fully saturated rings. The highest BCUT2D eigenvalue weighted by atomic mass is 35.5. The van der Waals surface area contributed by atoms with Crippen LogP contribution in [0.4, 0.5) is 0 Å². The van der Waals surface area contributed by atoms with E-state index in [0.29, 0.717) is 0 Å². The highest BCUT2D eigenvalue weighted by molar-refractivity contribution is 6.17. The fraction of sp³-hybridized carbons (Fsp3) is 0.625. The first-order chi connectivity index (χ1) is 9.40. The van der Waals surface area contributed by atoms with E-state index in [2.05, 4.69) is 4.90 Å². The normalized spacial score (nSPS) is 15.5. The number of rotatable bonds is 9. The lowest BCUT2D eigenvalue weighted by Crippen LogP contribution is -2.41. The molecule has 1 aromatic carbocycles. The van der Waals surface area contributed by atoms with Crippen molar-refractivity contribution in [3.8, 4) is 5.75 Å². The standard InChI is InChI=1S/C16H24ClNO/c17-11-5-12-18(15-7-4-8-15)13-6-14-19-16-9-2-1-3-10-16/h1-3,9-10,15H,4-8,11-14H2. The molecule has 0 spiro atoms. The van der Waals surface area contributed by atoms with E-state index >= 15 is 0 Å². The Kier molecular flexibility index (Phi) is 6.52. The molecule has 1 saturated carbocycles. The van der Waals surface area contributed by atoms with Gasteiger partial charge >= 0.3 is 0 Å². The van der Waals surface area contributed by atoms with Crippen LogP contribution in [0.1, 0.15) is 32.1 Å². The van der Waals surface area contributed by atoms with Crippen LogP contribution in [-0.2, 0) is 0 Å². The van der Waals surface area contributed by atoms with Crippen molar-refractivity contribution in [1.82, 2.24) is 4.90 Å². The van der Waals surface area contributed by atoms with Crippen molar-refractivity contribution in [3.05, 3.63) is 30.3 Å². The zero-order valence-electron chi connectivity index (χ0n) is 11.6. The molecule has 0 unspecified atom stereocenters. The van der Waals surface area contributed by atoms with Crippen LogP contribution in [0.2, 0.25) is 0 Å². The molecule has 0 bridgehead atoms. The maximum atomic E-state index is 5.80. The summed E-state index contributed by atoms with van der Waals surface area (Å²) in [4.78, 5) is 2.60. The molecule has 0 heterocycles. The van der Waals surface area contributed by atoms with Gasteiger partial charge in [0, 0.05) is 18.5 Å². The second-order valence-corrected chi connectivity index (χ2v) is 5.56. The maximum Gasteiger partial charge on any atom is 0.119 e. The lowest BCUT2D eigenvalue weighted by Gasteiger charge is -2.37. The molecular formula is C16H24ClNO. The predicted octanol–water partition coefficient (Wildman–Crippen LogP) is 3.94. The summed E-state index contributed by atoms with van der Waals surface area (Å²) < 4.78 is 5.74. The molecular weight excluding hydrogens is 258 g/mol. The quantitative estimate of drug-likeness (QED) is 0.502. The number of nitrogens with zero attached hydrogens (tertiary/aromatic N) is 1. The van der Waals surface area contributed by atoms with E-state index in [9.17, 15) is 0 Å². The minimum absolute atomic E-state index is 0.768. The van der Waals surface area contributed by atoms with Gasteiger partial charge < -0.3 is 9.64 Å². The summed E-state index contributed by atoms with van der Waals surface area (Å²) in [5.41, 5.74) is 0. The molecule has 0 radical (unpaired) electrons. The lowest BCUT2D eigenvalue weighted by atomic mass is 9.91. The van der Waals surface area contributed by atoms with Crippen molar-refractivity contribution in [2.45, 2.75) is 38.1 Å². The molecule has 1 aliphatic carbocycles. The molecule has 1 aromatic rings. The Morgan fingerprint density at radius 1 is 1.11 bits per heavy atom. The highest BCUT2D eigenvalue weighted by Crippen LogP contribution is 2.25. The van der Waals surface area contributed by atoms with Crippen molar-refractivity contribution in [3.63, 3.8) is 0 Å². The summed E-state index contributed by atoms with van der Waals surface area (Å²) in [7, 11) is 0. The monoisotopic (exact) mass is 281 g/mol. The van der Waals surface area contributed by atoms with E-state index in [1.807, 2.05) is 30.3 Å². The number of hydrogen-bond donors (Lipinski definition) is 0. The third-order valence-electron chi connectivity index (χ3n) is 3.77. The topological polar surface area (TPSA) is 12.5 Å². The molecule has 0 saturated heterocycles. The molecule has 106 valence electrons. The molecule has 2 nitrogen and oxygen atoms in total. The smallest absolute Gasteiger partial charge is 0.119 e. The minimum atomic E-state index is 0.768. The fourth-order valence-electron chi connectivity index (χ4n) is 2.47. The number of ether oxygens (including phenoxy) is 1. The average molecular weight is 282 g/mol. The Balaban J connectivity index is 1.64. The number of benzene rings is 1. The number of hydrogen-bond acceptors (Lipinski definition) is 2. The third-order valence-corrected chi connectivity index (χ3v) is 4.04. The van der Waals surface area contributed by atoms with Gasteiger partial charge in [-0.1, -0.05) is 24.6 Å². The average Bonchev–Trinajstić information content (AvgIpc) is 2.39. The Hall–Kier alpha value is -0.730. The van der Waals surface area contributed by atoms with Crippen LogP contribution >= 0.6 is 11.6 Å². The van der Waals surface area contributed by atoms with Crippen molar-refractivity contribution in [2.75, 3.05) is 25.6 Å². The molecule has 0 amide bonds. The molecule has 0 aliphatic heterocycles. The fourth-order valence-corrected chi connectivity index (χ4v) is 2.59. The Bertz CT molecular complexity index is 340. The highest BCUT2D eigenvalue weighted by Gasteiger charge is 2.23. The van der Waals surface area contributed by atoms with Gasteiger partial charge in [0.25, 0.3) is 0 Å². The summed E-state index contributed by atoms with van der Waals surface area (Å²) in [6, 6.07) is 10.9. The van der Waals surface area contributed by atoms with Crippen LogP contribution in [0, 0.1) is 0 Å². The Morgan fingerprint density at radius 2 is 1.84 bits per heavy atom. The van der Waals surface area contributed by atoms with E-state index in [-0.39, 0.29) is 0 Å². The van der Waals surface area contributed by atoms with E-state index in [1.165, 1.54) is 19.3 Å². The van der Waals surface area contributed by atoms with E-state index in [1.54, 1.807) is 0 Å². The van der Waals surface area contributed by atoms with Crippen LogP contribution in [0.25, 0.3) is 0 Å². The Labute approximate surface area is 121 Å². The summed E-state index contributed by atoms with van der Waals surface area (Å²) in [6.07, 6.45) is 6.30. The van der Waals surface area contributed by atoms with Crippen LogP contribution in [0.15, 0.2) is 30.3 Å². The second-order valence-electron chi connectivity index (χ2n) is 5.18. The number of alkyl halides is 1. The second kappa shape index (κ2) is 8.44. The van der Waals surface area contributed by atoms with E-state index < -0.39 is 0 Å². The summed E-state index contributed by atoms with van der Waals surface area (Å²) in [5.74, 6) is 1.74. The van der Waals surface area contributed by atoms with Gasteiger partial charge in [0.05, 0.1) is 6.61 Å². The SMILES string of the molecule is ClCCCN(CCCOc1ccccc1)C1CCC1. The van der Waals surface area contributed by atoms with Crippen molar-refractivity contribution in [2.24, 2.45) is 0 Å². The molecule has 1 aliphatic rings. The summed E-state index contributed by atoms with van der Waals surface area (Å²) >= 11 is 5.80. The molecule has 3 heteroatoms. The van der Waals surface area contributed by atoms with Gasteiger partial charge in [-0.15, -0.1) is 11.6 Å². The van der Waals surface area contributed by atoms with Crippen LogP contribution in [0.3, 0.4) is 0 Å². The molecule has 19 heavy (non-hydrogen) atoms. The molecule has 0 aromatic heterocycles. The van der Waals surface area contributed by atoms with Gasteiger partial charge in [-0.3, -0.25) is 0 Å². The van der Waals surface area contributed by atoms with Gasteiger partial charge in [0.1, 0.15) is 5.75 Å². The molecule has 0 atom stereocenters. The Morgan fingerprint density at radius 3 is 2.47 bits per heavy atom. The van der Waals surface area contributed by atoms with Gasteiger partial charge in [-0.25, -0.2) is 0 Å². The minimum Gasteiger partial charge on any atom is -0.494 e. The lowest BCUT2D eigenvalue weighted by molar-refractivity contribution is 0.119. The predicted molar refractivity (Wildman–Crippen MR) is 81.1 cm³/mol.